The van der Waals surface area contributed by atoms with Crippen molar-refractivity contribution in [3.63, 3.8) is 0 Å². The van der Waals surface area contributed by atoms with Gasteiger partial charge < -0.3 is 5.32 Å². The number of aromatic nitrogens is 1. The third kappa shape index (κ3) is 4.10. The number of nitrogens with zero attached hydrogens (tertiary/aromatic N) is 2. The number of rotatable bonds is 4. The SMILES string of the molecule is Cc1cccnc1C(c1ccc(-c2ccccc2)cc1)N1CCCNCC1. The van der Waals surface area contributed by atoms with Gasteiger partial charge in [0.1, 0.15) is 0 Å². The molecule has 3 aromatic rings. The summed E-state index contributed by atoms with van der Waals surface area (Å²) in [6, 6.07) is 24.0. The maximum absolute atomic E-state index is 4.78. The van der Waals surface area contributed by atoms with Crippen molar-refractivity contribution in [2.45, 2.75) is 19.4 Å². The number of nitrogens with one attached hydrogen (secondary N) is 1. The Bertz CT molecular complexity index is 850. The predicted molar refractivity (Wildman–Crippen MR) is 112 cm³/mol. The summed E-state index contributed by atoms with van der Waals surface area (Å²) in [6.07, 6.45) is 3.09. The fourth-order valence-electron chi connectivity index (χ4n) is 3.94. The number of hydrogen-bond donors (Lipinski definition) is 1. The van der Waals surface area contributed by atoms with E-state index in [-0.39, 0.29) is 6.04 Å². The second kappa shape index (κ2) is 8.47. The number of aryl methyl sites for hydroxylation is 1. The zero-order valence-corrected chi connectivity index (χ0v) is 15.9. The van der Waals surface area contributed by atoms with E-state index in [0.29, 0.717) is 0 Å². The highest BCUT2D eigenvalue weighted by Crippen LogP contribution is 2.31. The fourth-order valence-corrected chi connectivity index (χ4v) is 3.94. The molecule has 0 bridgehead atoms. The molecule has 0 spiro atoms. The summed E-state index contributed by atoms with van der Waals surface area (Å²) in [7, 11) is 0. The van der Waals surface area contributed by atoms with Crippen LogP contribution in [0.15, 0.2) is 72.9 Å². The van der Waals surface area contributed by atoms with Crippen molar-refractivity contribution in [2.75, 3.05) is 26.2 Å². The Kier molecular flexibility index (Phi) is 5.61. The summed E-state index contributed by atoms with van der Waals surface area (Å²) in [4.78, 5) is 7.36. The fraction of sp³-hybridized carbons (Fsp3) is 0.292. The molecular formula is C24H27N3. The van der Waals surface area contributed by atoms with Gasteiger partial charge in [0.2, 0.25) is 0 Å². The van der Waals surface area contributed by atoms with Gasteiger partial charge in [-0.3, -0.25) is 9.88 Å². The monoisotopic (exact) mass is 357 g/mol. The van der Waals surface area contributed by atoms with Gasteiger partial charge in [0, 0.05) is 25.8 Å². The van der Waals surface area contributed by atoms with E-state index in [4.69, 9.17) is 4.98 Å². The molecular weight excluding hydrogens is 330 g/mol. The second-order valence-electron chi connectivity index (χ2n) is 7.24. The quantitative estimate of drug-likeness (QED) is 0.748. The molecule has 0 radical (unpaired) electrons. The Morgan fingerprint density at radius 3 is 2.41 bits per heavy atom. The van der Waals surface area contributed by atoms with Gasteiger partial charge in [-0.2, -0.15) is 0 Å². The molecule has 1 aromatic heterocycles. The van der Waals surface area contributed by atoms with Crippen molar-refractivity contribution >= 4 is 0 Å². The van der Waals surface area contributed by atoms with Crippen LogP contribution in [0.4, 0.5) is 0 Å². The van der Waals surface area contributed by atoms with E-state index >= 15 is 0 Å². The molecule has 2 heterocycles. The molecule has 1 aliphatic rings. The van der Waals surface area contributed by atoms with Gasteiger partial charge in [0.15, 0.2) is 0 Å². The molecule has 0 aliphatic carbocycles. The third-order valence-electron chi connectivity index (χ3n) is 5.38. The molecule has 2 aromatic carbocycles. The lowest BCUT2D eigenvalue weighted by atomic mass is 9.95. The van der Waals surface area contributed by atoms with Crippen LogP contribution in [-0.4, -0.2) is 36.1 Å². The van der Waals surface area contributed by atoms with E-state index < -0.39 is 0 Å². The van der Waals surface area contributed by atoms with Crippen LogP contribution in [0.3, 0.4) is 0 Å². The third-order valence-corrected chi connectivity index (χ3v) is 5.38. The van der Waals surface area contributed by atoms with Gasteiger partial charge in [0.25, 0.3) is 0 Å². The number of benzene rings is 2. The first-order valence-electron chi connectivity index (χ1n) is 9.84. The summed E-state index contributed by atoms with van der Waals surface area (Å²) in [5.74, 6) is 0. The van der Waals surface area contributed by atoms with Crippen molar-refractivity contribution in [3.8, 4) is 11.1 Å². The zero-order valence-electron chi connectivity index (χ0n) is 15.9. The number of pyridine rings is 1. The molecule has 0 saturated carbocycles. The number of hydrogen-bond acceptors (Lipinski definition) is 3. The summed E-state index contributed by atoms with van der Waals surface area (Å²) in [5, 5.41) is 3.52. The second-order valence-corrected chi connectivity index (χ2v) is 7.24. The minimum atomic E-state index is 0.205. The van der Waals surface area contributed by atoms with Crippen molar-refractivity contribution < 1.29 is 0 Å². The van der Waals surface area contributed by atoms with Gasteiger partial charge in [-0.05, 0) is 48.2 Å². The van der Waals surface area contributed by atoms with Gasteiger partial charge in [-0.15, -0.1) is 0 Å². The Balaban J connectivity index is 1.71. The molecule has 27 heavy (non-hydrogen) atoms. The molecule has 0 amide bonds. The van der Waals surface area contributed by atoms with E-state index in [1.807, 2.05) is 12.3 Å². The van der Waals surface area contributed by atoms with Crippen LogP contribution < -0.4 is 5.32 Å². The molecule has 4 rings (SSSR count). The lowest BCUT2D eigenvalue weighted by Crippen LogP contribution is -2.33. The molecule has 1 unspecified atom stereocenters. The Hall–Kier alpha value is -2.49. The van der Waals surface area contributed by atoms with Crippen LogP contribution in [0.5, 0.6) is 0 Å². The largest absolute Gasteiger partial charge is 0.315 e. The van der Waals surface area contributed by atoms with Gasteiger partial charge in [0.05, 0.1) is 11.7 Å². The molecule has 3 nitrogen and oxygen atoms in total. The van der Waals surface area contributed by atoms with E-state index in [1.54, 1.807) is 0 Å². The highest BCUT2D eigenvalue weighted by molar-refractivity contribution is 5.63. The van der Waals surface area contributed by atoms with Crippen LogP contribution in [0.1, 0.15) is 29.3 Å². The first-order chi connectivity index (χ1) is 13.3. The Morgan fingerprint density at radius 2 is 1.63 bits per heavy atom. The maximum Gasteiger partial charge on any atom is 0.0779 e. The van der Waals surface area contributed by atoms with Crippen LogP contribution in [0.25, 0.3) is 11.1 Å². The van der Waals surface area contributed by atoms with Crippen molar-refractivity contribution in [3.05, 3.63) is 89.7 Å². The summed E-state index contributed by atoms with van der Waals surface area (Å²) < 4.78 is 0. The normalized spacial score (nSPS) is 16.6. The van der Waals surface area contributed by atoms with Crippen LogP contribution >= 0.6 is 0 Å². The minimum absolute atomic E-state index is 0.205. The van der Waals surface area contributed by atoms with Crippen molar-refractivity contribution in [1.82, 2.24) is 15.2 Å². The first kappa shape index (κ1) is 17.9. The topological polar surface area (TPSA) is 28.2 Å². The average Bonchev–Trinajstić information content (AvgIpc) is 3.00. The molecule has 1 N–H and O–H groups in total. The zero-order chi connectivity index (χ0) is 18.5. The Labute approximate surface area is 162 Å². The van der Waals surface area contributed by atoms with Crippen LogP contribution in [0.2, 0.25) is 0 Å². The van der Waals surface area contributed by atoms with E-state index in [2.05, 4.69) is 77.8 Å². The van der Waals surface area contributed by atoms with E-state index in [0.717, 1.165) is 26.2 Å². The highest BCUT2D eigenvalue weighted by Gasteiger charge is 2.25. The van der Waals surface area contributed by atoms with E-state index in [1.165, 1.54) is 34.4 Å². The lowest BCUT2D eigenvalue weighted by Gasteiger charge is -2.31. The Morgan fingerprint density at radius 1 is 0.852 bits per heavy atom. The highest BCUT2D eigenvalue weighted by atomic mass is 15.2. The molecule has 1 fully saturated rings. The summed E-state index contributed by atoms with van der Waals surface area (Å²) in [6.45, 7) is 6.43. The van der Waals surface area contributed by atoms with Crippen LogP contribution in [0, 0.1) is 6.92 Å². The van der Waals surface area contributed by atoms with Crippen molar-refractivity contribution in [1.29, 1.82) is 0 Å². The lowest BCUT2D eigenvalue weighted by molar-refractivity contribution is 0.236. The molecule has 1 aliphatic heterocycles. The summed E-state index contributed by atoms with van der Waals surface area (Å²) >= 11 is 0. The van der Waals surface area contributed by atoms with E-state index in [9.17, 15) is 0 Å². The smallest absolute Gasteiger partial charge is 0.0779 e. The predicted octanol–water partition coefficient (Wildman–Crippen LogP) is 4.44. The van der Waals surface area contributed by atoms with Gasteiger partial charge >= 0.3 is 0 Å². The van der Waals surface area contributed by atoms with Crippen molar-refractivity contribution in [2.24, 2.45) is 0 Å². The average molecular weight is 358 g/mol. The molecule has 138 valence electrons. The molecule has 1 saturated heterocycles. The molecule has 1 atom stereocenters. The minimum Gasteiger partial charge on any atom is -0.315 e. The van der Waals surface area contributed by atoms with Gasteiger partial charge in [-0.25, -0.2) is 0 Å². The first-order valence-corrected chi connectivity index (χ1v) is 9.84. The van der Waals surface area contributed by atoms with Gasteiger partial charge in [-0.1, -0.05) is 60.7 Å². The standard InChI is InChI=1S/C24H27N3/c1-19-7-5-15-26-23(19)24(27-17-6-14-25-16-18-27)22-12-10-21(11-13-22)20-8-3-2-4-9-20/h2-5,7-13,15,24-25H,6,14,16-18H2,1H3. The molecule has 3 heteroatoms. The van der Waals surface area contributed by atoms with Crippen LogP contribution in [-0.2, 0) is 0 Å². The maximum atomic E-state index is 4.78. The summed E-state index contributed by atoms with van der Waals surface area (Å²) in [5.41, 5.74) is 6.26.